The van der Waals surface area contributed by atoms with Crippen LogP contribution in [0, 0.1) is 6.92 Å². The molecule has 2 nitrogen and oxygen atoms in total. The van der Waals surface area contributed by atoms with Gasteiger partial charge < -0.3 is 11.5 Å². The van der Waals surface area contributed by atoms with Crippen LogP contribution >= 0.6 is 15.9 Å². The third-order valence-electron chi connectivity index (χ3n) is 1.27. The molecule has 0 saturated carbocycles. The molecule has 0 fully saturated rings. The predicted molar refractivity (Wildman–Crippen MR) is 47.7 cm³/mol. The molecule has 0 aliphatic carbocycles. The summed E-state index contributed by atoms with van der Waals surface area (Å²) >= 11 is 3.26. The minimum Gasteiger partial charge on any atom is -0.398 e. The van der Waals surface area contributed by atoms with Crippen LogP contribution in [0.4, 0.5) is 11.4 Å². The Labute approximate surface area is 68.3 Å². The number of nitrogens with two attached hydrogens (primary N) is 2. The van der Waals surface area contributed by atoms with Gasteiger partial charge in [-0.05, 0) is 40.5 Å². The Hall–Kier alpha value is -0.700. The van der Waals surface area contributed by atoms with E-state index in [1.54, 1.807) is 0 Å². The fourth-order valence-corrected chi connectivity index (χ4v) is 1.05. The van der Waals surface area contributed by atoms with Gasteiger partial charge in [-0.25, -0.2) is 0 Å². The van der Waals surface area contributed by atoms with Crippen molar-refractivity contribution in [3.05, 3.63) is 22.2 Å². The van der Waals surface area contributed by atoms with E-state index in [9.17, 15) is 0 Å². The molecule has 0 spiro atoms. The summed E-state index contributed by atoms with van der Waals surface area (Å²) < 4.78 is 0.790. The van der Waals surface area contributed by atoms with E-state index in [-0.39, 0.29) is 0 Å². The molecule has 0 saturated heterocycles. The van der Waals surface area contributed by atoms with Crippen LogP contribution in [-0.4, -0.2) is 0 Å². The summed E-state index contributed by atoms with van der Waals surface area (Å²) in [6, 6.07) is 3.75. The van der Waals surface area contributed by atoms with Crippen molar-refractivity contribution < 1.29 is 0 Å². The van der Waals surface area contributed by atoms with Gasteiger partial charge >= 0.3 is 0 Å². The van der Waals surface area contributed by atoms with E-state index >= 15 is 0 Å². The van der Waals surface area contributed by atoms with Gasteiger partial charge in [0.05, 0.1) is 4.47 Å². The Kier molecular flexibility index (Phi) is 1.85. The first-order valence-electron chi connectivity index (χ1n) is 2.92. The normalized spacial score (nSPS) is 9.80. The van der Waals surface area contributed by atoms with Crippen LogP contribution in [0.1, 0.15) is 5.56 Å². The molecule has 0 radical (unpaired) electrons. The smallest absolute Gasteiger partial charge is 0.0634 e. The topological polar surface area (TPSA) is 52.0 Å². The van der Waals surface area contributed by atoms with Gasteiger partial charge in [0, 0.05) is 11.4 Å². The van der Waals surface area contributed by atoms with Crippen LogP contribution in [0.2, 0.25) is 0 Å². The summed E-state index contributed by atoms with van der Waals surface area (Å²) in [5, 5.41) is 0. The number of rotatable bonds is 0. The monoisotopic (exact) mass is 200 g/mol. The van der Waals surface area contributed by atoms with Crippen LogP contribution < -0.4 is 11.5 Å². The SMILES string of the molecule is Cc1cc(N)c(Br)c(N)c1. The van der Waals surface area contributed by atoms with E-state index in [0.29, 0.717) is 11.4 Å². The Morgan fingerprint density at radius 2 is 1.60 bits per heavy atom. The summed E-state index contributed by atoms with van der Waals surface area (Å²) in [6.45, 7) is 1.96. The van der Waals surface area contributed by atoms with Crippen molar-refractivity contribution in [3.63, 3.8) is 0 Å². The molecule has 54 valence electrons. The number of anilines is 2. The first-order chi connectivity index (χ1) is 4.61. The van der Waals surface area contributed by atoms with Crippen LogP contribution in [0.25, 0.3) is 0 Å². The lowest BCUT2D eigenvalue weighted by atomic mass is 10.2. The van der Waals surface area contributed by atoms with Crippen molar-refractivity contribution in [3.8, 4) is 0 Å². The van der Waals surface area contributed by atoms with Gasteiger partial charge in [-0.2, -0.15) is 0 Å². The van der Waals surface area contributed by atoms with Gasteiger partial charge in [0.2, 0.25) is 0 Å². The van der Waals surface area contributed by atoms with Crippen LogP contribution in [-0.2, 0) is 0 Å². The highest BCUT2D eigenvalue weighted by Crippen LogP contribution is 2.27. The van der Waals surface area contributed by atoms with Crippen molar-refractivity contribution in [2.24, 2.45) is 0 Å². The van der Waals surface area contributed by atoms with Gasteiger partial charge in [-0.15, -0.1) is 0 Å². The summed E-state index contributed by atoms with van der Waals surface area (Å²) in [5.41, 5.74) is 13.7. The second kappa shape index (κ2) is 2.50. The van der Waals surface area contributed by atoms with E-state index in [1.165, 1.54) is 0 Å². The zero-order valence-corrected chi connectivity index (χ0v) is 7.27. The van der Waals surface area contributed by atoms with Crippen molar-refractivity contribution >= 4 is 27.3 Å². The molecule has 4 N–H and O–H groups in total. The standard InChI is InChI=1S/C7H9BrN2/c1-4-2-5(9)7(8)6(10)3-4/h2-3H,9-10H2,1H3. The summed E-state index contributed by atoms with van der Waals surface area (Å²) in [4.78, 5) is 0. The Bertz CT molecular complexity index is 235. The van der Waals surface area contributed by atoms with Crippen molar-refractivity contribution in [2.75, 3.05) is 11.5 Å². The molecule has 1 aromatic rings. The number of hydrogen-bond acceptors (Lipinski definition) is 2. The van der Waals surface area contributed by atoms with Gasteiger partial charge in [0.1, 0.15) is 0 Å². The first kappa shape index (κ1) is 7.41. The molecule has 0 aromatic heterocycles. The number of halogens is 1. The number of hydrogen-bond donors (Lipinski definition) is 2. The average molecular weight is 201 g/mol. The van der Waals surface area contributed by atoms with Crippen LogP contribution in [0.15, 0.2) is 16.6 Å². The maximum Gasteiger partial charge on any atom is 0.0634 e. The molecule has 0 amide bonds. The summed E-state index contributed by atoms with van der Waals surface area (Å²) in [5.74, 6) is 0. The van der Waals surface area contributed by atoms with Crippen LogP contribution in [0.3, 0.4) is 0 Å². The molecule has 0 unspecified atom stereocenters. The van der Waals surface area contributed by atoms with E-state index in [1.807, 2.05) is 19.1 Å². The van der Waals surface area contributed by atoms with E-state index < -0.39 is 0 Å². The lowest BCUT2D eigenvalue weighted by Crippen LogP contribution is -1.93. The maximum atomic E-state index is 5.59. The number of benzene rings is 1. The van der Waals surface area contributed by atoms with Gasteiger partial charge in [-0.3, -0.25) is 0 Å². The fourth-order valence-electron chi connectivity index (χ4n) is 0.826. The molecular weight excluding hydrogens is 192 g/mol. The Morgan fingerprint density at radius 3 is 2.00 bits per heavy atom. The van der Waals surface area contributed by atoms with E-state index in [0.717, 1.165) is 10.0 Å². The predicted octanol–water partition coefficient (Wildman–Crippen LogP) is 1.92. The second-order valence-corrected chi connectivity index (χ2v) is 3.05. The fraction of sp³-hybridized carbons (Fsp3) is 0.143. The van der Waals surface area contributed by atoms with Gasteiger partial charge in [-0.1, -0.05) is 0 Å². The van der Waals surface area contributed by atoms with Crippen molar-refractivity contribution in [1.29, 1.82) is 0 Å². The van der Waals surface area contributed by atoms with Crippen molar-refractivity contribution in [2.45, 2.75) is 6.92 Å². The lowest BCUT2D eigenvalue weighted by molar-refractivity contribution is 1.46. The lowest BCUT2D eigenvalue weighted by Gasteiger charge is -2.02. The summed E-state index contributed by atoms with van der Waals surface area (Å²) in [6.07, 6.45) is 0. The Morgan fingerprint density at radius 1 is 1.20 bits per heavy atom. The highest BCUT2D eigenvalue weighted by Gasteiger charge is 1.99. The molecule has 0 bridgehead atoms. The minimum absolute atomic E-state index is 0.692. The largest absolute Gasteiger partial charge is 0.398 e. The molecule has 0 aliphatic rings. The summed E-state index contributed by atoms with van der Waals surface area (Å²) in [7, 11) is 0. The highest BCUT2D eigenvalue weighted by atomic mass is 79.9. The minimum atomic E-state index is 0.692. The number of aryl methyl sites for hydroxylation is 1. The zero-order valence-electron chi connectivity index (χ0n) is 5.69. The van der Waals surface area contributed by atoms with E-state index in [2.05, 4.69) is 15.9 Å². The zero-order chi connectivity index (χ0) is 7.72. The van der Waals surface area contributed by atoms with Crippen LogP contribution in [0.5, 0.6) is 0 Å². The highest BCUT2D eigenvalue weighted by molar-refractivity contribution is 9.10. The Balaban J connectivity index is 3.31. The van der Waals surface area contributed by atoms with Crippen molar-refractivity contribution in [1.82, 2.24) is 0 Å². The number of nitrogen functional groups attached to an aromatic ring is 2. The molecule has 0 heterocycles. The third-order valence-corrected chi connectivity index (χ3v) is 2.19. The first-order valence-corrected chi connectivity index (χ1v) is 3.71. The molecule has 0 atom stereocenters. The average Bonchev–Trinajstić information content (AvgIpc) is 1.82. The molecule has 0 aliphatic heterocycles. The molecule has 1 rings (SSSR count). The molecule has 10 heavy (non-hydrogen) atoms. The maximum absolute atomic E-state index is 5.59. The van der Waals surface area contributed by atoms with Gasteiger partial charge in [0.25, 0.3) is 0 Å². The molecule has 1 aromatic carbocycles. The van der Waals surface area contributed by atoms with E-state index in [4.69, 9.17) is 11.5 Å². The van der Waals surface area contributed by atoms with Gasteiger partial charge in [0.15, 0.2) is 0 Å². The molecule has 3 heteroatoms. The quantitative estimate of drug-likeness (QED) is 0.630. The molecular formula is C7H9BrN2. The third kappa shape index (κ3) is 1.24. The second-order valence-electron chi connectivity index (χ2n) is 2.26.